The minimum Gasteiger partial charge on any atom is -0.383 e. The third-order valence-electron chi connectivity index (χ3n) is 4.94. The molecule has 2 heterocycles. The van der Waals surface area contributed by atoms with Crippen LogP contribution in [0.4, 0.5) is 4.39 Å². The van der Waals surface area contributed by atoms with Crippen molar-refractivity contribution in [3.8, 4) is 11.8 Å². The molecule has 0 bridgehead atoms. The average Bonchev–Trinajstić information content (AvgIpc) is 3.19. The van der Waals surface area contributed by atoms with Gasteiger partial charge in [-0.25, -0.2) is 18.7 Å². The first-order valence-electron chi connectivity index (χ1n) is 9.48. The van der Waals surface area contributed by atoms with Crippen LogP contribution >= 0.6 is 0 Å². The summed E-state index contributed by atoms with van der Waals surface area (Å²) in [6.07, 6.45) is 1.49. The second-order valence-electron chi connectivity index (χ2n) is 6.90. The van der Waals surface area contributed by atoms with Gasteiger partial charge in [-0.3, -0.25) is 9.36 Å². The number of benzene rings is 2. The van der Waals surface area contributed by atoms with E-state index in [2.05, 4.69) is 11.1 Å². The van der Waals surface area contributed by atoms with Gasteiger partial charge in [0.25, 0.3) is 5.56 Å². The lowest BCUT2D eigenvalue weighted by molar-refractivity contribution is 0.184. The molecular formula is C22H18FN5O3. The molecule has 156 valence electrons. The Morgan fingerprint density at radius 3 is 2.45 bits per heavy atom. The Hall–Kier alpha value is -4.03. The molecule has 2 aromatic heterocycles. The second kappa shape index (κ2) is 8.38. The van der Waals surface area contributed by atoms with Gasteiger partial charge in [-0.1, -0.05) is 12.1 Å². The third-order valence-corrected chi connectivity index (χ3v) is 4.94. The second-order valence-corrected chi connectivity index (χ2v) is 6.90. The van der Waals surface area contributed by atoms with Gasteiger partial charge in [0.1, 0.15) is 5.82 Å². The van der Waals surface area contributed by atoms with Gasteiger partial charge in [0.2, 0.25) is 0 Å². The Bertz CT molecular complexity index is 1390. The Morgan fingerprint density at radius 1 is 1.10 bits per heavy atom. The molecule has 0 aliphatic carbocycles. The first kappa shape index (κ1) is 20.3. The smallest absolute Gasteiger partial charge is 0.337 e. The van der Waals surface area contributed by atoms with Crippen LogP contribution in [0.3, 0.4) is 0 Å². The fourth-order valence-electron chi connectivity index (χ4n) is 3.38. The monoisotopic (exact) mass is 419 g/mol. The largest absolute Gasteiger partial charge is 0.383 e. The summed E-state index contributed by atoms with van der Waals surface area (Å²) in [4.78, 5) is 30.7. The van der Waals surface area contributed by atoms with E-state index in [9.17, 15) is 14.0 Å². The van der Waals surface area contributed by atoms with E-state index < -0.39 is 17.1 Å². The van der Waals surface area contributed by atoms with Gasteiger partial charge in [-0.15, -0.1) is 0 Å². The summed E-state index contributed by atoms with van der Waals surface area (Å²) in [5.74, 6) is -0.438. The quantitative estimate of drug-likeness (QED) is 0.477. The number of hydrogen-bond donors (Lipinski definition) is 0. The molecule has 0 saturated heterocycles. The molecule has 0 spiro atoms. The highest BCUT2D eigenvalue weighted by Crippen LogP contribution is 2.15. The van der Waals surface area contributed by atoms with E-state index in [0.29, 0.717) is 17.8 Å². The zero-order valence-electron chi connectivity index (χ0n) is 16.7. The van der Waals surface area contributed by atoms with Crippen molar-refractivity contribution in [2.75, 3.05) is 13.7 Å². The maximum absolute atomic E-state index is 13.4. The highest BCUT2D eigenvalue weighted by atomic mass is 19.1. The summed E-state index contributed by atoms with van der Waals surface area (Å²) in [6.45, 7) is 0.560. The highest BCUT2D eigenvalue weighted by molar-refractivity contribution is 5.72. The molecule has 0 unspecified atom stereocenters. The van der Waals surface area contributed by atoms with E-state index in [-0.39, 0.29) is 24.3 Å². The minimum atomic E-state index is -0.579. The van der Waals surface area contributed by atoms with Gasteiger partial charge < -0.3 is 9.30 Å². The van der Waals surface area contributed by atoms with Crippen molar-refractivity contribution in [2.45, 2.75) is 13.1 Å². The van der Waals surface area contributed by atoms with Crippen LogP contribution in [0.25, 0.3) is 16.9 Å². The number of nitrogens with zero attached hydrogens (tertiary/aromatic N) is 5. The maximum atomic E-state index is 13.4. The Kier molecular flexibility index (Phi) is 5.47. The van der Waals surface area contributed by atoms with E-state index in [1.54, 1.807) is 28.8 Å². The van der Waals surface area contributed by atoms with Crippen LogP contribution in [0.15, 0.2) is 64.4 Å². The first-order valence-corrected chi connectivity index (χ1v) is 9.48. The topological polar surface area (TPSA) is 94.8 Å². The fraction of sp³-hybridized carbons (Fsp3) is 0.182. The third kappa shape index (κ3) is 3.76. The summed E-state index contributed by atoms with van der Waals surface area (Å²) in [5, 5.41) is 8.97. The SMILES string of the molecule is COCCn1c(=O)c2c(ncn2Cc2ccc(C#N)cc2)n(-c2ccc(F)cc2)c1=O. The molecule has 2 aromatic carbocycles. The van der Waals surface area contributed by atoms with Crippen LogP contribution in [0.2, 0.25) is 0 Å². The molecule has 8 nitrogen and oxygen atoms in total. The van der Waals surface area contributed by atoms with E-state index in [0.717, 1.165) is 10.1 Å². The average molecular weight is 419 g/mol. The van der Waals surface area contributed by atoms with E-state index in [1.807, 2.05) is 0 Å². The van der Waals surface area contributed by atoms with Gasteiger partial charge >= 0.3 is 5.69 Å². The number of rotatable bonds is 6. The van der Waals surface area contributed by atoms with Crippen molar-refractivity contribution < 1.29 is 9.13 Å². The molecule has 0 radical (unpaired) electrons. The molecule has 4 aromatic rings. The van der Waals surface area contributed by atoms with Crippen LogP contribution < -0.4 is 11.2 Å². The molecule has 0 amide bonds. The predicted octanol–water partition coefficient (Wildman–Crippen LogP) is 2.05. The van der Waals surface area contributed by atoms with E-state index in [1.165, 1.54) is 42.3 Å². The number of fused-ring (bicyclic) bond motifs is 1. The lowest BCUT2D eigenvalue weighted by atomic mass is 10.1. The van der Waals surface area contributed by atoms with Crippen molar-refractivity contribution in [3.63, 3.8) is 0 Å². The normalized spacial score (nSPS) is 11.0. The van der Waals surface area contributed by atoms with Gasteiger partial charge in [-0.2, -0.15) is 5.26 Å². The van der Waals surface area contributed by atoms with E-state index >= 15 is 0 Å². The molecule has 0 saturated carbocycles. The molecule has 0 aliphatic rings. The van der Waals surface area contributed by atoms with Gasteiger partial charge in [0.15, 0.2) is 11.2 Å². The van der Waals surface area contributed by atoms with Crippen LogP contribution in [-0.4, -0.2) is 32.4 Å². The van der Waals surface area contributed by atoms with Crippen molar-refractivity contribution in [3.05, 3.63) is 92.6 Å². The number of imidazole rings is 1. The standard InChI is InChI=1S/C22H18FN5O3/c1-31-11-10-27-21(29)19-20(28(22(27)30)18-8-6-17(23)7-9-18)25-14-26(19)13-16-4-2-15(12-24)3-5-16/h2-9,14H,10-11,13H2,1H3. The molecular weight excluding hydrogens is 401 g/mol. The van der Waals surface area contributed by atoms with Crippen LogP contribution in [0.5, 0.6) is 0 Å². The zero-order valence-corrected chi connectivity index (χ0v) is 16.7. The molecule has 0 aliphatic heterocycles. The Balaban J connectivity index is 1.93. The van der Waals surface area contributed by atoms with Gasteiger partial charge in [0, 0.05) is 13.7 Å². The van der Waals surface area contributed by atoms with Crippen LogP contribution in [0, 0.1) is 17.1 Å². The Morgan fingerprint density at radius 2 is 1.81 bits per heavy atom. The molecule has 0 fully saturated rings. The van der Waals surface area contributed by atoms with Crippen molar-refractivity contribution in [2.24, 2.45) is 0 Å². The molecule has 4 rings (SSSR count). The molecule has 0 atom stereocenters. The molecule has 0 N–H and O–H groups in total. The van der Waals surface area contributed by atoms with E-state index in [4.69, 9.17) is 10.00 Å². The summed E-state index contributed by atoms with van der Waals surface area (Å²) in [5.41, 5.74) is 1.15. The lowest BCUT2D eigenvalue weighted by Crippen LogP contribution is -2.41. The highest BCUT2D eigenvalue weighted by Gasteiger charge is 2.19. The summed E-state index contributed by atoms with van der Waals surface area (Å²) in [6, 6.07) is 14.4. The van der Waals surface area contributed by atoms with Crippen LogP contribution in [0.1, 0.15) is 11.1 Å². The number of aromatic nitrogens is 4. The number of nitriles is 1. The summed E-state index contributed by atoms with van der Waals surface area (Å²) >= 11 is 0. The maximum Gasteiger partial charge on any atom is 0.337 e. The number of hydrogen-bond acceptors (Lipinski definition) is 5. The van der Waals surface area contributed by atoms with Crippen molar-refractivity contribution in [1.82, 2.24) is 18.7 Å². The molecule has 9 heteroatoms. The number of methoxy groups -OCH3 is 1. The fourth-order valence-corrected chi connectivity index (χ4v) is 3.38. The van der Waals surface area contributed by atoms with Crippen molar-refractivity contribution in [1.29, 1.82) is 5.26 Å². The van der Waals surface area contributed by atoms with Gasteiger partial charge in [-0.05, 0) is 42.0 Å². The predicted molar refractivity (Wildman–Crippen MR) is 112 cm³/mol. The van der Waals surface area contributed by atoms with Crippen molar-refractivity contribution >= 4 is 11.2 Å². The first-order chi connectivity index (χ1) is 15.0. The summed E-state index contributed by atoms with van der Waals surface area (Å²) in [7, 11) is 1.48. The minimum absolute atomic E-state index is 0.0628. The van der Waals surface area contributed by atoms with Crippen LogP contribution in [-0.2, 0) is 17.8 Å². The lowest BCUT2D eigenvalue weighted by Gasteiger charge is -2.12. The number of halogens is 1. The molecule has 31 heavy (non-hydrogen) atoms. The number of ether oxygens (including phenoxy) is 1. The van der Waals surface area contributed by atoms with Gasteiger partial charge in [0.05, 0.1) is 36.8 Å². The summed E-state index contributed by atoms with van der Waals surface area (Å²) < 4.78 is 22.5. The zero-order chi connectivity index (χ0) is 22.0. The Labute approximate surface area is 176 Å².